The summed E-state index contributed by atoms with van der Waals surface area (Å²) in [5, 5.41) is 2.92. The number of hydrogen-bond acceptors (Lipinski definition) is 5. The molecule has 2 atom stereocenters. The molecule has 1 aliphatic rings. The minimum Gasteiger partial charge on any atom is -0.379 e. The molecule has 0 aliphatic carbocycles. The Balaban J connectivity index is 1.60. The number of rotatable bonds is 6. The van der Waals surface area contributed by atoms with Crippen molar-refractivity contribution in [2.75, 3.05) is 13.2 Å². The maximum Gasteiger partial charge on any atom is 0.328 e. The van der Waals surface area contributed by atoms with E-state index >= 15 is 0 Å². The Kier molecular flexibility index (Phi) is 6.20. The number of carbonyl (C=O) groups is 1. The van der Waals surface area contributed by atoms with Gasteiger partial charge in [0, 0.05) is 18.4 Å². The van der Waals surface area contributed by atoms with E-state index in [1.807, 2.05) is 30.3 Å². The van der Waals surface area contributed by atoms with Crippen molar-refractivity contribution in [2.24, 2.45) is 0 Å². The van der Waals surface area contributed by atoms with Crippen molar-refractivity contribution in [2.45, 2.75) is 38.6 Å². The summed E-state index contributed by atoms with van der Waals surface area (Å²) < 4.78 is 12.6. The van der Waals surface area contributed by atoms with Crippen LogP contribution in [0.2, 0.25) is 0 Å². The molecule has 27 heavy (non-hydrogen) atoms. The predicted molar refractivity (Wildman–Crippen MR) is 98.4 cm³/mol. The Morgan fingerprint density at radius 2 is 2.11 bits per heavy atom. The first-order chi connectivity index (χ1) is 13.0. The van der Waals surface area contributed by atoms with Gasteiger partial charge in [-0.05, 0) is 18.9 Å². The average molecular weight is 373 g/mol. The van der Waals surface area contributed by atoms with Crippen LogP contribution in [0.3, 0.4) is 0 Å². The van der Waals surface area contributed by atoms with Gasteiger partial charge in [-0.1, -0.05) is 30.3 Å². The Morgan fingerprint density at radius 3 is 2.89 bits per heavy atom. The molecule has 1 fully saturated rings. The second-order valence-corrected chi connectivity index (χ2v) is 6.57. The van der Waals surface area contributed by atoms with Gasteiger partial charge in [0.05, 0.1) is 19.3 Å². The molecule has 1 amide bonds. The Hall–Kier alpha value is -2.71. The van der Waals surface area contributed by atoms with Crippen LogP contribution in [0.1, 0.15) is 17.5 Å². The lowest BCUT2D eigenvalue weighted by Gasteiger charge is -2.32. The molecule has 0 saturated carbocycles. The summed E-state index contributed by atoms with van der Waals surface area (Å²) in [5.41, 5.74) is 0.362. The zero-order valence-electron chi connectivity index (χ0n) is 15.1. The van der Waals surface area contributed by atoms with Crippen molar-refractivity contribution >= 4 is 5.91 Å². The number of nitrogens with one attached hydrogen (secondary N) is 2. The molecule has 8 heteroatoms. The first-order valence-corrected chi connectivity index (χ1v) is 8.86. The number of aromatic amines is 1. The fraction of sp³-hybridized carbons (Fsp3) is 0.421. The van der Waals surface area contributed by atoms with Gasteiger partial charge in [0.1, 0.15) is 12.6 Å². The molecule has 8 nitrogen and oxygen atoms in total. The molecule has 1 aromatic heterocycles. The maximum atomic E-state index is 12.4. The van der Waals surface area contributed by atoms with Crippen molar-refractivity contribution in [3.8, 4) is 0 Å². The van der Waals surface area contributed by atoms with Crippen LogP contribution in [-0.2, 0) is 27.4 Å². The summed E-state index contributed by atoms with van der Waals surface area (Å²) in [5.74, 6) is -0.316. The lowest BCUT2D eigenvalue weighted by atomic mass is 10.1. The third-order valence-corrected chi connectivity index (χ3v) is 4.46. The number of aromatic nitrogens is 2. The SMILES string of the molecule is Cc1cn(CC(=O)N[C@@H]2CCOC[C@H]2OCc2ccccc2)c(=O)[nH]c1=O. The zero-order valence-corrected chi connectivity index (χ0v) is 15.1. The van der Waals surface area contributed by atoms with Gasteiger partial charge < -0.3 is 14.8 Å². The van der Waals surface area contributed by atoms with Crippen molar-refractivity contribution < 1.29 is 14.3 Å². The van der Waals surface area contributed by atoms with Gasteiger partial charge in [-0.15, -0.1) is 0 Å². The molecule has 1 aliphatic heterocycles. The molecule has 144 valence electrons. The quantitative estimate of drug-likeness (QED) is 0.760. The number of H-pyrrole nitrogens is 1. The van der Waals surface area contributed by atoms with Gasteiger partial charge in [-0.25, -0.2) is 4.79 Å². The number of aryl methyl sites for hydroxylation is 1. The monoisotopic (exact) mass is 373 g/mol. The van der Waals surface area contributed by atoms with Crippen LogP contribution in [-0.4, -0.2) is 40.8 Å². The summed E-state index contributed by atoms with van der Waals surface area (Å²) in [6.07, 6.45) is 1.75. The number of hydrogen-bond donors (Lipinski definition) is 2. The first-order valence-electron chi connectivity index (χ1n) is 8.86. The lowest BCUT2D eigenvalue weighted by Crippen LogP contribution is -2.51. The first kappa shape index (κ1) is 19.1. The molecule has 0 radical (unpaired) electrons. The minimum atomic E-state index is -0.607. The number of carbonyl (C=O) groups excluding carboxylic acids is 1. The molecule has 2 heterocycles. The summed E-state index contributed by atoms with van der Waals surface area (Å²) in [7, 11) is 0. The minimum absolute atomic E-state index is 0.167. The van der Waals surface area contributed by atoms with Crippen molar-refractivity contribution in [3.05, 3.63) is 68.5 Å². The molecule has 1 saturated heterocycles. The predicted octanol–water partition coefficient (Wildman–Crippen LogP) is 0.336. The van der Waals surface area contributed by atoms with Crippen molar-refractivity contribution in [3.63, 3.8) is 0 Å². The molecule has 1 aromatic carbocycles. The van der Waals surface area contributed by atoms with E-state index in [-0.39, 0.29) is 24.6 Å². The van der Waals surface area contributed by atoms with E-state index in [0.29, 0.717) is 31.8 Å². The number of nitrogens with zero attached hydrogens (tertiary/aromatic N) is 1. The van der Waals surface area contributed by atoms with Gasteiger partial charge in [0.15, 0.2) is 0 Å². The van der Waals surface area contributed by atoms with E-state index in [9.17, 15) is 14.4 Å². The van der Waals surface area contributed by atoms with E-state index < -0.39 is 11.2 Å². The van der Waals surface area contributed by atoms with E-state index in [4.69, 9.17) is 9.47 Å². The van der Waals surface area contributed by atoms with Crippen LogP contribution in [0.15, 0.2) is 46.1 Å². The second-order valence-electron chi connectivity index (χ2n) is 6.57. The van der Waals surface area contributed by atoms with Crippen molar-refractivity contribution in [1.82, 2.24) is 14.9 Å². The van der Waals surface area contributed by atoms with Gasteiger partial charge >= 0.3 is 5.69 Å². The normalized spacial score (nSPS) is 19.6. The summed E-state index contributed by atoms with van der Waals surface area (Å²) in [6.45, 7) is 2.78. The highest BCUT2D eigenvalue weighted by Gasteiger charge is 2.28. The lowest BCUT2D eigenvalue weighted by molar-refractivity contribution is -0.127. The van der Waals surface area contributed by atoms with Crippen molar-refractivity contribution in [1.29, 1.82) is 0 Å². The zero-order chi connectivity index (χ0) is 19.2. The Bertz CT molecular complexity index is 890. The van der Waals surface area contributed by atoms with Crippen LogP contribution in [0.4, 0.5) is 0 Å². The number of benzene rings is 1. The highest BCUT2D eigenvalue weighted by atomic mass is 16.5. The summed E-state index contributed by atoms with van der Waals surface area (Å²) >= 11 is 0. The molecule has 0 bridgehead atoms. The number of ether oxygens (including phenoxy) is 2. The van der Waals surface area contributed by atoms with Crippen LogP contribution < -0.4 is 16.6 Å². The van der Waals surface area contributed by atoms with E-state index in [1.54, 1.807) is 6.92 Å². The van der Waals surface area contributed by atoms with Crippen LogP contribution in [0.5, 0.6) is 0 Å². The fourth-order valence-corrected chi connectivity index (χ4v) is 2.96. The largest absolute Gasteiger partial charge is 0.379 e. The smallest absolute Gasteiger partial charge is 0.328 e. The van der Waals surface area contributed by atoms with E-state index in [2.05, 4.69) is 10.3 Å². The second kappa shape index (κ2) is 8.79. The van der Waals surface area contributed by atoms with Crippen LogP contribution in [0, 0.1) is 6.92 Å². The van der Waals surface area contributed by atoms with Gasteiger partial charge in [0.2, 0.25) is 5.91 Å². The average Bonchev–Trinajstić information content (AvgIpc) is 2.66. The van der Waals surface area contributed by atoms with E-state index in [1.165, 1.54) is 10.8 Å². The molecule has 2 N–H and O–H groups in total. The maximum absolute atomic E-state index is 12.4. The molecule has 0 unspecified atom stereocenters. The summed E-state index contributed by atoms with van der Waals surface area (Å²) in [6, 6.07) is 9.58. The molecular weight excluding hydrogens is 350 g/mol. The number of amides is 1. The van der Waals surface area contributed by atoms with Gasteiger partial charge in [-0.2, -0.15) is 0 Å². The highest BCUT2D eigenvalue weighted by molar-refractivity contribution is 5.76. The Morgan fingerprint density at radius 1 is 1.33 bits per heavy atom. The fourth-order valence-electron chi connectivity index (χ4n) is 2.96. The van der Waals surface area contributed by atoms with E-state index in [0.717, 1.165) is 5.56 Å². The van der Waals surface area contributed by atoms with Crippen LogP contribution in [0.25, 0.3) is 0 Å². The molecule has 3 rings (SSSR count). The summed E-state index contributed by atoms with van der Waals surface area (Å²) in [4.78, 5) is 37.8. The third kappa shape index (κ3) is 5.15. The highest BCUT2D eigenvalue weighted by Crippen LogP contribution is 2.14. The van der Waals surface area contributed by atoms with Gasteiger partial charge in [-0.3, -0.25) is 19.1 Å². The standard InChI is InChI=1S/C19H23N3O5/c1-13-9-22(19(25)21-18(13)24)10-17(23)20-15-7-8-26-12-16(15)27-11-14-5-3-2-4-6-14/h2-6,9,15-16H,7-8,10-12H2,1H3,(H,20,23)(H,21,24,25)/t15-,16-/m1/s1. The molecular formula is C19H23N3O5. The molecule has 2 aromatic rings. The Labute approximate surface area is 156 Å². The van der Waals surface area contributed by atoms with Gasteiger partial charge in [0.25, 0.3) is 5.56 Å². The third-order valence-electron chi connectivity index (χ3n) is 4.46. The molecule has 0 spiro atoms. The van der Waals surface area contributed by atoms with Crippen LogP contribution >= 0.6 is 0 Å². The topological polar surface area (TPSA) is 102 Å².